The number of rotatable bonds is 3. The molecular weight excluding hydrogens is 488 g/mol. The Morgan fingerprint density at radius 3 is 2.47 bits per heavy atom. The summed E-state index contributed by atoms with van der Waals surface area (Å²) in [6.07, 6.45) is 2.23. The molecule has 7 nitrogen and oxygen atoms in total. The van der Waals surface area contributed by atoms with E-state index in [0.717, 1.165) is 22.9 Å². The van der Waals surface area contributed by atoms with E-state index >= 15 is 8.78 Å². The normalized spacial score (nSPS) is 25.3. The number of halogens is 2. The zero-order valence-corrected chi connectivity index (χ0v) is 23.0. The number of amides is 3. The van der Waals surface area contributed by atoms with Crippen molar-refractivity contribution in [1.29, 1.82) is 0 Å². The molecule has 38 heavy (non-hydrogen) atoms. The average molecular weight is 524 g/mol. The van der Waals surface area contributed by atoms with Crippen molar-refractivity contribution in [2.24, 2.45) is 11.7 Å². The molecule has 5 rings (SSSR count). The largest absolute Gasteiger partial charge is 0.352 e. The number of primary amides is 1. The van der Waals surface area contributed by atoms with Gasteiger partial charge in [0.05, 0.1) is 22.5 Å². The third kappa shape index (κ3) is 3.39. The SMILES string of the molecule is CCc1cccc2c1-n1nc3c(c1C1(C)C(F)=CC(C)(NC(N)=O)C(F)=C21)CN(C(=O)C(C)C)C(C)(C)C3. The number of nitrogens with zero attached hydrogens (tertiary/aromatic N) is 3. The lowest BCUT2D eigenvalue weighted by Gasteiger charge is -2.46. The van der Waals surface area contributed by atoms with E-state index in [1.54, 1.807) is 17.7 Å². The van der Waals surface area contributed by atoms with Gasteiger partial charge >= 0.3 is 6.03 Å². The van der Waals surface area contributed by atoms with Crippen LogP contribution in [0.2, 0.25) is 0 Å². The van der Waals surface area contributed by atoms with Crippen molar-refractivity contribution >= 4 is 17.5 Å². The van der Waals surface area contributed by atoms with Crippen LogP contribution in [-0.2, 0) is 29.6 Å². The molecular formula is C29H35F2N5O2. The number of hydrogen-bond acceptors (Lipinski definition) is 3. The fraction of sp³-hybridized carbons (Fsp3) is 0.483. The van der Waals surface area contributed by atoms with Crippen molar-refractivity contribution in [1.82, 2.24) is 20.0 Å². The first kappa shape index (κ1) is 26.1. The lowest BCUT2D eigenvalue weighted by Crippen LogP contribution is -2.53. The highest BCUT2D eigenvalue weighted by Gasteiger charge is 2.55. The summed E-state index contributed by atoms with van der Waals surface area (Å²) in [4.78, 5) is 26.9. The van der Waals surface area contributed by atoms with Crippen molar-refractivity contribution in [3.63, 3.8) is 0 Å². The molecule has 0 spiro atoms. The number of carbonyl (C=O) groups excluding carboxylic acids is 2. The summed E-state index contributed by atoms with van der Waals surface area (Å²) in [5, 5.41) is 7.39. The molecule has 1 aromatic heterocycles. The topological polar surface area (TPSA) is 93.2 Å². The van der Waals surface area contributed by atoms with Crippen molar-refractivity contribution < 1.29 is 18.4 Å². The Hall–Kier alpha value is -3.49. The second kappa shape index (κ2) is 8.25. The number of carbonyl (C=O) groups is 2. The zero-order chi connectivity index (χ0) is 27.9. The van der Waals surface area contributed by atoms with Gasteiger partial charge < -0.3 is 16.0 Å². The van der Waals surface area contributed by atoms with Gasteiger partial charge in [-0.15, -0.1) is 0 Å². The lowest BCUT2D eigenvalue weighted by molar-refractivity contribution is -0.141. The van der Waals surface area contributed by atoms with E-state index in [1.165, 1.54) is 6.92 Å². The van der Waals surface area contributed by atoms with Crippen molar-refractivity contribution in [3.05, 3.63) is 64.0 Å². The zero-order valence-electron chi connectivity index (χ0n) is 23.0. The number of para-hydroxylation sites is 1. The standard InChI is InChI=1S/C29H35F2N5O2/c1-8-16-10-9-11-17-21-23(31)28(6,33-26(32)38)13-20(30)29(21,7)24-18-14-35(25(37)15(2)3)27(4,5)12-19(18)34-36(24)22(16)17/h9-11,13,15H,8,12,14H2,1-7H3,(H3,32,33,38). The predicted molar refractivity (Wildman–Crippen MR) is 142 cm³/mol. The van der Waals surface area contributed by atoms with Gasteiger partial charge in [-0.2, -0.15) is 5.10 Å². The molecule has 0 radical (unpaired) electrons. The molecule has 0 saturated carbocycles. The first-order valence-corrected chi connectivity index (χ1v) is 13.1. The number of urea groups is 1. The van der Waals surface area contributed by atoms with E-state index in [0.29, 0.717) is 29.8 Å². The molecule has 3 aliphatic rings. The van der Waals surface area contributed by atoms with Gasteiger partial charge in [0, 0.05) is 41.1 Å². The number of aryl methyl sites for hydroxylation is 1. The number of nitrogens with one attached hydrogen (secondary N) is 1. The number of benzene rings is 1. The summed E-state index contributed by atoms with van der Waals surface area (Å²) in [7, 11) is 0. The highest BCUT2D eigenvalue weighted by molar-refractivity contribution is 5.91. The molecule has 0 bridgehead atoms. The van der Waals surface area contributed by atoms with Crippen molar-refractivity contribution in [2.45, 2.75) is 84.3 Å². The molecule has 1 aromatic carbocycles. The van der Waals surface area contributed by atoms with Crippen LogP contribution < -0.4 is 11.1 Å². The number of nitrogens with two attached hydrogens (primary N) is 1. The number of hydrogen-bond donors (Lipinski definition) is 2. The van der Waals surface area contributed by atoms with Crippen LogP contribution in [0.15, 0.2) is 35.9 Å². The van der Waals surface area contributed by atoms with E-state index in [9.17, 15) is 9.59 Å². The first-order valence-electron chi connectivity index (χ1n) is 13.1. The Bertz CT molecular complexity index is 1450. The number of aromatic nitrogens is 2. The Morgan fingerprint density at radius 1 is 1.18 bits per heavy atom. The second-order valence-electron chi connectivity index (χ2n) is 11.9. The van der Waals surface area contributed by atoms with Gasteiger partial charge in [0.1, 0.15) is 17.2 Å². The van der Waals surface area contributed by atoms with Gasteiger partial charge in [-0.25, -0.2) is 18.3 Å². The van der Waals surface area contributed by atoms with Gasteiger partial charge in [-0.05, 0) is 45.8 Å². The van der Waals surface area contributed by atoms with E-state index in [-0.39, 0.29) is 23.9 Å². The van der Waals surface area contributed by atoms with Crippen molar-refractivity contribution in [3.8, 4) is 5.69 Å². The van der Waals surface area contributed by atoms with Crippen molar-refractivity contribution in [2.75, 3.05) is 0 Å². The highest BCUT2D eigenvalue weighted by atomic mass is 19.1. The Balaban J connectivity index is 1.86. The maximum Gasteiger partial charge on any atom is 0.313 e. The summed E-state index contributed by atoms with van der Waals surface area (Å²) in [6.45, 7) is 13.0. The summed E-state index contributed by atoms with van der Waals surface area (Å²) < 4.78 is 34.9. The predicted octanol–water partition coefficient (Wildman–Crippen LogP) is 5.00. The summed E-state index contributed by atoms with van der Waals surface area (Å²) >= 11 is 0. The van der Waals surface area contributed by atoms with Gasteiger partial charge in [0.15, 0.2) is 0 Å². The Morgan fingerprint density at radius 2 is 1.87 bits per heavy atom. The third-order valence-electron chi connectivity index (χ3n) is 8.38. The first-order chi connectivity index (χ1) is 17.7. The highest BCUT2D eigenvalue weighted by Crippen LogP contribution is 2.58. The second-order valence-corrected chi connectivity index (χ2v) is 11.9. The van der Waals surface area contributed by atoms with E-state index in [4.69, 9.17) is 10.8 Å². The molecule has 2 aliphatic heterocycles. The van der Waals surface area contributed by atoms with Crippen LogP contribution in [0.4, 0.5) is 13.6 Å². The van der Waals surface area contributed by atoms with Crippen LogP contribution in [-0.4, -0.2) is 37.7 Å². The molecule has 3 amide bonds. The molecule has 2 unspecified atom stereocenters. The minimum Gasteiger partial charge on any atom is -0.352 e. The van der Waals surface area contributed by atoms with Crippen LogP contribution in [0, 0.1) is 5.92 Å². The molecule has 0 fully saturated rings. The molecule has 2 aromatic rings. The lowest BCUT2D eigenvalue weighted by atomic mass is 9.64. The molecule has 2 atom stereocenters. The van der Waals surface area contributed by atoms with Crippen LogP contribution >= 0.6 is 0 Å². The minimum atomic E-state index is -1.76. The summed E-state index contributed by atoms with van der Waals surface area (Å²) in [5.74, 6) is -1.52. The van der Waals surface area contributed by atoms with Gasteiger partial charge in [0.25, 0.3) is 0 Å². The third-order valence-corrected chi connectivity index (χ3v) is 8.38. The van der Waals surface area contributed by atoms with Crippen LogP contribution in [0.3, 0.4) is 0 Å². The molecule has 202 valence electrons. The summed E-state index contributed by atoms with van der Waals surface area (Å²) in [6, 6.07) is 4.60. The van der Waals surface area contributed by atoms with Crippen LogP contribution in [0.1, 0.15) is 76.5 Å². The van der Waals surface area contributed by atoms with Crippen LogP contribution in [0.25, 0.3) is 11.3 Å². The Kier molecular flexibility index (Phi) is 5.67. The molecule has 9 heteroatoms. The van der Waals surface area contributed by atoms with E-state index in [1.807, 2.05) is 51.7 Å². The molecule has 0 saturated heterocycles. The van der Waals surface area contributed by atoms with Crippen LogP contribution in [0.5, 0.6) is 0 Å². The quantitative estimate of drug-likeness (QED) is 0.593. The monoisotopic (exact) mass is 523 g/mol. The minimum absolute atomic E-state index is 0.00366. The molecule has 1 aliphatic carbocycles. The molecule has 3 N–H and O–H groups in total. The fourth-order valence-electron chi connectivity index (χ4n) is 6.40. The summed E-state index contributed by atoms with van der Waals surface area (Å²) in [5.41, 5.74) is 5.88. The maximum absolute atomic E-state index is 16.6. The van der Waals surface area contributed by atoms with E-state index < -0.39 is 34.2 Å². The smallest absolute Gasteiger partial charge is 0.313 e. The number of allylic oxidation sites excluding steroid dienone is 2. The fourth-order valence-corrected chi connectivity index (χ4v) is 6.40. The maximum atomic E-state index is 16.6. The molecule has 3 heterocycles. The van der Waals surface area contributed by atoms with E-state index in [2.05, 4.69) is 5.32 Å². The van der Waals surface area contributed by atoms with Gasteiger partial charge in [-0.3, -0.25) is 4.79 Å². The van der Waals surface area contributed by atoms with Gasteiger partial charge in [0.2, 0.25) is 5.91 Å². The van der Waals surface area contributed by atoms with Gasteiger partial charge in [-0.1, -0.05) is 39.0 Å². The number of fused-ring (bicyclic) bond motifs is 8. The average Bonchev–Trinajstić information content (AvgIpc) is 3.18. The Labute approximate surface area is 221 Å².